The number of benzene rings is 2. The molecule has 0 radical (unpaired) electrons. The van der Waals surface area contributed by atoms with E-state index < -0.39 is 23.4 Å². The number of amides is 1. The van der Waals surface area contributed by atoms with Crippen molar-refractivity contribution in [3.05, 3.63) is 58.4 Å². The topological polar surface area (TPSA) is 83.0 Å². The van der Waals surface area contributed by atoms with Crippen molar-refractivity contribution in [2.24, 2.45) is 0 Å². The first-order chi connectivity index (χ1) is 12.8. The largest absolute Gasteiger partial charge is 1.00 e. The lowest BCUT2D eigenvalue weighted by Gasteiger charge is -2.17. The first-order valence-electron chi connectivity index (χ1n) is 8.60. The van der Waals surface area contributed by atoms with Crippen LogP contribution in [0.3, 0.4) is 0 Å². The smallest absolute Gasteiger partial charge is 0.340 e. The van der Waals surface area contributed by atoms with Crippen LogP contribution in [0.2, 0.25) is 5.02 Å². The van der Waals surface area contributed by atoms with E-state index in [1.165, 1.54) is 13.2 Å². The molecule has 150 valence electrons. The zero-order valence-electron chi connectivity index (χ0n) is 15.5. The third kappa shape index (κ3) is 4.29. The van der Waals surface area contributed by atoms with Crippen molar-refractivity contribution < 1.29 is 36.9 Å². The Hall–Kier alpha value is -2.15. The number of esters is 1. The number of quaternary nitrogens is 1. The number of rotatable bonds is 5. The first-order valence-corrected chi connectivity index (χ1v) is 8.97. The minimum Gasteiger partial charge on any atom is -1.00 e. The summed E-state index contributed by atoms with van der Waals surface area (Å²) in [6.45, 7) is 1.72. The van der Waals surface area contributed by atoms with Crippen molar-refractivity contribution in [1.82, 2.24) is 5.32 Å². The molecule has 3 rings (SSSR count). The van der Waals surface area contributed by atoms with Gasteiger partial charge in [0, 0.05) is 18.4 Å². The number of methoxy groups -OCH3 is 1. The van der Waals surface area contributed by atoms with Crippen LogP contribution >= 0.6 is 11.6 Å². The van der Waals surface area contributed by atoms with Gasteiger partial charge >= 0.3 is 5.97 Å². The van der Waals surface area contributed by atoms with E-state index in [0.717, 1.165) is 12.8 Å². The Balaban J connectivity index is 0.00000280. The second-order valence-corrected chi connectivity index (χ2v) is 7.27. The highest BCUT2D eigenvalue weighted by Crippen LogP contribution is 2.33. The maximum Gasteiger partial charge on any atom is 0.340 e. The third-order valence-corrected chi connectivity index (χ3v) is 5.18. The molecule has 1 fully saturated rings. The molecule has 1 aliphatic carbocycles. The van der Waals surface area contributed by atoms with E-state index in [-0.39, 0.29) is 28.9 Å². The Bertz CT molecular complexity index is 916. The van der Waals surface area contributed by atoms with Crippen LogP contribution in [-0.4, -0.2) is 24.5 Å². The third-order valence-electron chi connectivity index (χ3n) is 4.86. The maximum atomic E-state index is 14.7. The van der Waals surface area contributed by atoms with E-state index in [1.807, 2.05) is 0 Å². The molecule has 0 bridgehead atoms. The number of carbonyl (C=O) groups excluding carboxylic acids is 2. The van der Waals surface area contributed by atoms with Gasteiger partial charge in [-0.15, -0.1) is 0 Å². The Morgan fingerprint density at radius 2 is 1.96 bits per heavy atom. The lowest BCUT2D eigenvalue weighted by molar-refractivity contribution is -0.420. The average Bonchev–Trinajstić information content (AvgIpc) is 3.39. The quantitative estimate of drug-likeness (QED) is 0.654. The van der Waals surface area contributed by atoms with Gasteiger partial charge in [0.05, 0.1) is 23.7 Å². The molecule has 0 aromatic heterocycles. The van der Waals surface area contributed by atoms with Gasteiger partial charge in [0.15, 0.2) is 5.54 Å². The molecule has 1 aliphatic rings. The van der Waals surface area contributed by atoms with Crippen LogP contribution in [0.1, 0.15) is 41.7 Å². The number of halogens is 3. The fourth-order valence-corrected chi connectivity index (χ4v) is 3.18. The van der Waals surface area contributed by atoms with Crippen LogP contribution in [-0.2, 0) is 9.53 Å². The van der Waals surface area contributed by atoms with Gasteiger partial charge in [-0.2, -0.15) is 0 Å². The Morgan fingerprint density at radius 3 is 2.54 bits per heavy atom. The summed E-state index contributed by atoms with van der Waals surface area (Å²) in [5.41, 5.74) is 4.83. The molecular weight excluding hydrogens is 406 g/mol. The van der Waals surface area contributed by atoms with Gasteiger partial charge in [0.2, 0.25) is 0 Å². The summed E-state index contributed by atoms with van der Waals surface area (Å²) in [5, 5.41) is 3.04. The Labute approximate surface area is 173 Å². The molecule has 28 heavy (non-hydrogen) atoms. The van der Waals surface area contributed by atoms with Gasteiger partial charge in [0.1, 0.15) is 5.82 Å². The second kappa shape index (κ2) is 8.47. The monoisotopic (exact) mass is 426 g/mol. The minimum absolute atomic E-state index is 0. The van der Waals surface area contributed by atoms with Crippen LogP contribution < -0.4 is 23.5 Å². The molecule has 1 amide bonds. The van der Waals surface area contributed by atoms with Gasteiger partial charge in [-0.25, -0.2) is 9.18 Å². The fraction of sp³-hybridized carbons (Fsp3) is 0.300. The summed E-state index contributed by atoms with van der Waals surface area (Å²) in [6, 6.07) is 9.06. The normalized spacial score (nSPS) is 15.2. The summed E-state index contributed by atoms with van der Waals surface area (Å²) in [4.78, 5) is 24.2. The average molecular weight is 427 g/mol. The molecule has 0 spiro atoms. The molecule has 2 aromatic carbocycles. The number of hydrogen-bond acceptors (Lipinski definition) is 3. The van der Waals surface area contributed by atoms with Gasteiger partial charge in [-0.1, -0.05) is 35.9 Å². The highest BCUT2D eigenvalue weighted by molar-refractivity contribution is 6.34. The van der Waals surface area contributed by atoms with E-state index >= 15 is 0 Å². The van der Waals surface area contributed by atoms with Crippen molar-refractivity contribution in [3.8, 4) is 11.1 Å². The van der Waals surface area contributed by atoms with Crippen molar-refractivity contribution in [3.63, 3.8) is 0 Å². The van der Waals surface area contributed by atoms with Crippen LogP contribution in [0, 0.1) is 5.82 Å². The Kier molecular flexibility index (Phi) is 6.70. The molecule has 2 aromatic rings. The molecule has 0 unspecified atom stereocenters. The maximum absolute atomic E-state index is 14.7. The fourth-order valence-electron chi connectivity index (χ4n) is 2.93. The van der Waals surface area contributed by atoms with E-state index in [4.69, 9.17) is 16.3 Å². The lowest BCUT2D eigenvalue weighted by Crippen LogP contribution is -3.00. The van der Waals surface area contributed by atoms with Gasteiger partial charge < -0.3 is 28.2 Å². The van der Waals surface area contributed by atoms with E-state index in [0.29, 0.717) is 16.7 Å². The zero-order valence-corrected chi connectivity index (χ0v) is 17.0. The van der Waals surface area contributed by atoms with Crippen LogP contribution in [0.4, 0.5) is 4.39 Å². The van der Waals surface area contributed by atoms with Gasteiger partial charge in [0.25, 0.3) is 5.91 Å². The van der Waals surface area contributed by atoms with Gasteiger partial charge in [-0.05, 0) is 30.2 Å². The number of ether oxygens (including phenoxy) is 1. The van der Waals surface area contributed by atoms with E-state index in [1.54, 1.807) is 37.3 Å². The summed E-state index contributed by atoms with van der Waals surface area (Å²) in [7, 11) is 1.26. The van der Waals surface area contributed by atoms with Crippen molar-refractivity contribution >= 4 is 23.5 Å². The molecule has 0 aliphatic heterocycles. The molecule has 1 saturated carbocycles. The molecule has 0 heterocycles. The Morgan fingerprint density at radius 1 is 1.29 bits per heavy atom. The minimum atomic E-state index is -0.592. The lowest BCUT2D eigenvalue weighted by atomic mass is 9.96. The summed E-state index contributed by atoms with van der Waals surface area (Å²) in [6.07, 6.45) is 1.50. The first kappa shape index (κ1) is 22.1. The second-order valence-electron chi connectivity index (χ2n) is 6.87. The summed E-state index contributed by atoms with van der Waals surface area (Å²) in [5.74, 6) is -1.24. The molecule has 4 N–H and O–H groups in total. The SMILES string of the molecule is COC(=O)c1c(Cl)cccc1-c1ccc([C@@H](C)NC(=O)C2([NH3+])CC2)c(F)c1.[Cl-]. The molecule has 1 atom stereocenters. The van der Waals surface area contributed by atoms with Crippen molar-refractivity contribution in [2.75, 3.05) is 7.11 Å². The summed E-state index contributed by atoms with van der Waals surface area (Å²) >= 11 is 6.13. The number of hydrogen-bond donors (Lipinski definition) is 2. The number of carbonyl (C=O) groups is 2. The van der Waals surface area contributed by atoms with Crippen molar-refractivity contribution in [1.29, 1.82) is 0 Å². The predicted molar refractivity (Wildman–Crippen MR) is 99.6 cm³/mol. The summed E-state index contributed by atoms with van der Waals surface area (Å²) < 4.78 is 19.5. The van der Waals surface area contributed by atoms with Crippen LogP contribution in [0.15, 0.2) is 36.4 Å². The van der Waals surface area contributed by atoms with E-state index in [9.17, 15) is 14.0 Å². The predicted octanol–water partition coefficient (Wildman–Crippen LogP) is -0.112. The van der Waals surface area contributed by atoms with Crippen LogP contribution in [0.25, 0.3) is 11.1 Å². The van der Waals surface area contributed by atoms with Crippen LogP contribution in [0.5, 0.6) is 0 Å². The zero-order chi connectivity index (χ0) is 19.8. The number of nitrogens with one attached hydrogen (secondary N) is 1. The highest BCUT2D eigenvalue weighted by atomic mass is 35.5. The van der Waals surface area contributed by atoms with Crippen molar-refractivity contribution in [2.45, 2.75) is 31.3 Å². The van der Waals surface area contributed by atoms with Gasteiger partial charge in [-0.3, -0.25) is 4.79 Å². The standard InChI is InChI=1S/C20H20ClFN2O3.ClH/c1-11(24-19(26)20(23)8-9-20)13-7-6-12(10-16(13)22)14-4-3-5-15(21)17(14)18(25)27-2;/h3-7,10-11H,8-9,23H2,1-2H3,(H,24,26);1H/t11-;/m1./s1. The van der Waals surface area contributed by atoms with E-state index in [2.05, 4.69) is 11.1 Å². The molecule has 5 nitrogen and oxygen atoms in total. The molecular formula is C20H21Cl2FN2O3. The molecule has 8 heteroatoms. The highest BCUT2D eigenvalue weighted by Gasteiger charge is 2.51. The molecule has 0 saturated heterocycles.